The summed E-state index contributed by atoms with van der Waals surface area (Å²) in [6, 6.07) is 5.16. The van der Waals surface area contributed by atoms with Gasteiger partial charge in [-0.15, -0.1) is 0 Å². The number of aromatic hydroxyl groups is 1. The highest BCUT2D eigenvalue weighted by atomic mass is 16.4. The van der Waals surface area contributed by atoms with Crippen LogP contribution >= 0.6 is 0 Å². The Labute approximate surface area is 216 Å². The lowest BCUT2D eigenvalue weighted by atomic mass is 10.1. The number of hydrogen-bond acceptors (Lipinski definition) is 3. The van der Waals surface area contributed by atoms with E-state index in [9.17, 15) is 19.8 Å². The summed E-state index contributed by atoms with van der Waals surface area (Å²) in [4.78, 5) is 23.4. The van der Waals surface area contributed by atoms with Crippen molar-refractivity contribution in [3.63, 3.8) is 0 Å². The zero-order chi connectivity index (χ0) is 26.3. The first-order chi connectivity index (χ1) is 17.5. The van der Waals surface area contributed by atoms with Gasteiger partial charge < -0.3 is 15.5 Å². The van der Waals surface area contributed by atoms with Gasteiger partial charge in [0.2, 0.25) is 5.91 Å². The molecule has 36 heavy (non-hydrogen) atoms. The fraction of sp³-hybridized carbons (Fsp3) is 0.355. The Morgan fingerprint density at radius 2 is 1.31 bits per heavy atom. The van der Waals surface area contributed by atoms with Crippen molar-refractivity contribution in [1.29, 1.82) is 0 Å². The molecule has 0 saturated carbocycles. The predicted molar refractivity (Wildman–Crippen MR) is 149 cm³/mol. The molecule has 0 aliphatic carbocycles. The largest absolute Gasteiger partial charge is 0.508 e. The van der Waals surface area contributed by atoms with E-state index in [0.29, 0.717) is 5.56 Å². The van der Waals surface area contributed by atoms with Crippen molar-refractivity contribution in [3.8, 4) is 5.75 Å². The average molecular weight is 492 g/mol. The zero-order valence-corrected chi connectivity index (χ0v) is 21.4. The number of hydrogen-bond donors (Lipinski definition) is 3. The molecule has 3 N–H and O–H groups in total. The monoisotopic (exact) mass is 491 g/mol. The molecule has 0 bridgehead atoms. The molecule has 0 saturated heterocycles. The van der Waals surface area contributed by atoms with E-state index in [-0.39, 0.29) is 12.2 Å². The third-order valence-electron chi connectivity index (χ3n) is 5.35. The Morgan fingerprint density at radius 1 is 0.778 bits per heavy atom. The molecular formula is C31H41NO4. The fourth-order valence-corrected chi connectivity index (χ4v) is 3.34. The molecule has 1 aromatic carbocycles. The summed E-state index contributed by atoms with van der Waals surface area (Å²) in [5.41, 5.74) is 0.705. The lowest BCUT2D eigenvalue weighted by Crippen LogP contribution is -2.41. The standard InChI is InChI=1S/C31H41NO4/c1-2-3-4-5-6-7-8-9-10-11-12-13-14-15-16-17-18-19-20-21-30(34)32-29(31(35)36)26-27-22-24-28(33)25-23-27/h10-25,29,33H,2-9,26H2,1H3,(H,32,34)(H,35,36)/t29-/m0/s1. The number of phenolic OH excluding ortho intramolecular Hbond substituents is 1. The second-order valence-electron chi connectivity index (χ2n) is 8.51. The Kier molecular flexibility index (Phi) is 17.5. The number of nitrogens with one attached hydrogen (secondary N) is 1. The summed E-state index contributed by atoms with van der Waals surface area (Å²) < 4.78 is 0. The van der Waals surface area contributed by atoms with Crippen LogP contribution in [0.15, 0.2) is 97.2 Å². The van der Waals surface area contributed by atoms with Crippen LogP contribution in [0.25, 0.3) is 0 Å². The molecule has 1 rings (SSSR count). The van der Waals surface area contributed by atoms with E-state index in [2.05, 4.69) is 24.4 Å². The van der Waals surface area contributed by atoms with Crippen LogP contribution in [-0.4, -0.2) is 28.1 Å². The van der Waals surface area contributed by atoms with Gasteiger partial charge in [0, 0.05) is 12.5 Å². The molecule has 5 heteroatoms. The first-order valence-electron chi connectivity index (χ1n) is 12.8. The van der Waals surface area contributed by atoms with E-state index in [0.717, 1.165) is 6.42 Å². The molecule has 0 radical (unpaired) electrons. The van der Waals surface area contributed by atoms with E-state index < -0.39 is 17.9 Å². The van der Waals surface area contributed by atoms with Crippen molar-refractivity contribution in [2.75, 3.05) is 0 Å². The number of benzene rings is 1. The van der Waals surface area contributed by atoms with Gasteiger partial charge in [0.25, 0.3) is 0 Å². The number of carbonyl (C=O) groups is 2. The van der Waals surface area contributed by atoms with Gasteiger partial charge in [-0.05, 0) is 30.5 Å². The molecule has 0 spiro atoms. The number of carbonyl (C=O) groups excluding carboxylic acids is 1. The number of unbranched alkanes of at least 4 members (excludes halogenated alkanes) is 7. The first-order valence-corrected chi connectivity index (χ1v) is 12.8. The van der Waals surface area contributed by atoms with Crippen LogP contribution in [0.4, 0.5) is 0 Å². The maximum Gasteiger partial charge on any atom is 0.326 e. The van der Waals surface area contributed by atoms with Crippen molar-refractivity contribution in [3.05, 3.63) is 103 Å². The van der Waals surface area contributed by atoms with Gasteiger partial charge in [-0.2, -0.15) is 0 Å². The fourth-order valence-electron chi connectivity index (χ4n) is 3.34. The quantitative estimate of drug-likeness (QED) is 0.117. The molecule has 1 aromatic rings. The summed E-state index contributed by atoms with van der Waals surface area (Å²) >= 11 is 0. The highest BCUT2D eigenvalue weighted by molar-refractivity contribution is 5.91. The minimum atomic E-state index is -1.12. The Hall–Kier alpha value is -3.60. The number of phenols is 1. The third kappa shape index (κ3) is 16.9. The number of allylic oxidation sites excluding steroid dienone is 11. The molecule has 5 nitrogen and oxygen atoms in total. The normalized spacial score (nSPS) is 13.2. The van der Waals surface area contributed by atoms with E-state index >= 15 is 0 Å². The predicted octanol–water partition coefficient (Wildman–Crippen LogP) is 6.98. The molecule has 0 fully saturated rings. The van der Waals surface area contributed by atoms with Crippen LogP contribution in [0.2, 0.25) is 0 Å². The van der Waals surface area contributed by atoms with Crippen molar-refractivity contribution in [2.24, 2.45) is 0 Å². The van der Waals surface area contributed by atoms with Gasteiger partial charge in [0.05, 0.1) is 0 Å². The van der Waals surface area contributed by atoms with E-state index in [1.165, 1.54) is 63.2 Å². The van der Waals surface area contributed by atoms with Gasteiger partial charge in [-0.25, -0.2) is 4.79 Å². The van der Waals surface area contributed by atoms with Crippen LogP contribution < -0.4 is 5.32 Å². The van der Waals surface area contributed by atoms with Gasteiger partial charge in [-0.1, -0.05) is 124 Å². The number of carboxylic acids is 1. The van der Waals surface area contributed by atoms with Crippen molar-refractivity contribution in [2.45, 2.75) is 70.8 Å². The molecule has 0 unspecified atom stereocenters. The van der Waals surface area contributed by atoms with Gasteiger partial charge >= 0.3 is 5.97 Å². The third-order valence-corrected chi connectivity index (χ3v) is 5.35. The van der Waals surface area contributed by atoms with Gasteiger partial charge in [0.1, 0.15) is 11.8 Å². The lowest BCUT2D eigenvalue weighted by Gasteiger charge is -2.13. The summed E-state index contributed by atoms with van der Waals surface area (Å²) in [7, 11) is 0. The van der Waals surface area contributed by atoms with Crippen molar-refractivity contribution in [1.82, 2.24) is 5.32 Å². The number of aliphatic carboxylic acids is 1. The molecular weight excluding hydrogens is 450 g/mol. The van der Waals surface area contributed by atoms with Crippen LogP contribution in [-0.2, 0) is 16.0 Å². The smallest absolute Gasteiger partial charge is 0.326 e. The Bertz CT molecular complexity index is 920. The van der Waals surface area contributed by atoms with Crippen LogP contribution in [0, 0.1) is 0 Å². The molecule has 1 amide bonds. The SMILES string of the molecule is CCCCCCCCCC=CC=CC=CC=CC=CC=CC(=O)N[C@@H](Cc1ccc(O)cc1)C(=O)O. The summed E-state index contributed by atoms with van der Waals surface area (Å²) in [6.45, 7) is 2.25. The van der Waals surface area contributed by atoms with Crippen molar-refractivity contribution >= 4 is 11.9 Å². The number of rotatable bonds is 18. The second kappa shape index (κ2) is 20.7. The average Bonchev–Trinajstić information content (AvgIpc) is 2.86. The zero-order valence-electron chi connectivity index (χ0n) is 21.4. The Morgan fingerprint density at radius 3 is 1.89 bits per heavy atom. The first kappa shape index (κ1) is 30.4. The maximum atomic E-state index is 12.0. The second-order valence-corrected chi connectivity index (χ2v) is 8.51. The summed E-state index contributed by atoms with van der Waals surface area (Å²) in [5, 5.41) is 21.1. The molecule has 0 aromatic heterocycles. The van der Waals surface area contributed by atoms with E-state index in [1.807, 2.05) is 36.5 Å². The molecule has 194 valence electrons. The maximum absolute atomic E-state index is 12.0. The van der Waals surface area contributed by atoms with Gasteiger partial charge in [-0.3, -0.25) is 4.79 Å². The molecule has 1 atom stereocenters. The minimum absolute atomic E-state index is 0.104. The van der Waals surface area contributed by atoms with E-state index in [1.54, 1.807) is 30.4 Å². The molecule has 0 aliphatic rings. The minimum Gasteiger partial charge on any atom is -0.508 e. The van der Waals surface area contributed by atoms with Crippen molar-refractivity contribution < 1.29 is 19.8 Å². The van der Waals surface area contributed by atoms with Crippen LogP contribution in [0.1, 0.15) is 63.9 Å². The van der Waals surface area contributed by atoms with Crippen LogP contribution in [0.5, 0.6) is 5.75 Å². The topological polar surface area (TPSA) is 86.6 Å². The van der Waals surface area contributed by atoms with Crippen LogP contribution in [0.3, 0.4) is 0 Å². The highest BCUT2D eigenvalue weighted by Crippen LogP contribution is 2.11. The highest BCUT2D eigenvalue weighted by Gasteiger charge is 2.19. The molecule has 0 aliphatic heterocycles. The number of carboxylic acid groups (broad SMARTS) is 1. The molecule has 0 heterocycles. The van der Waals surface area contributed by atoms with E-state index in [4.69, 9.17) is 0 Å². The Balaban J connectivity index is 2.22. The number of amides is 1. The summed E-state index contributed by atoms with van der Waals surface area (Å²) in [6.07, 6.45) is 32.8. The summed E-state index contributed by atoms with van der Waals surface area (Å²) in [5.74, 6) is -1.50. The lowest BCUT2D eigenvalue weighted by molar-refractivity contribution is -0.141. The van der Waals surface area contributed by atoms with Gasteiger partial charge in [0.15, 0.2) is 0 Å².